The van der Waals surface area contributed by atoms with Crippen molar-refractivity contribution in [1.29, 1.82) is 0 Å². The molecular weight excluding hydrogens is 238 g/mol. The highest BCUT2D eigenvalue weighted by molar-refractivity contribution is 4.79. The molecule has 0 rings (SSSR count). The van der Waals surface area contributed by atoms with Crippen LogP contribution < -0.4 is 11.1 Å². The van der Waals surface area contributed by atoms with Crippen molar-refractivity contribution >= 4 is 0 Å². The fourth-order valence-corrected chi connectivity index (χ4v) is 2.70. The molecule has 0 saturated carbocycles. The Kier molecular flexibility index (Phi) is 11.6. The largest absolute Gasteiger partial charge is 0.383 e. The van der Waals surface area contributed by atoms with Gasteiger partial charge in [-0.1, -0.05) is 26.7 Å². The Morgan fingerprint density at radius 2 is 1.84 bits per heavy atom. The van der Waals surface area contributed by atoms with Crippen molar-refractivity contribution in [3.05, 3.63) is 0 Å². The van der Waals surface area contributed by atoms with E-state index in [1.807, 2.05) is 0 Å². The van der Waals surface area contributed by atoms with E-state index in [1.54, 1.807) is 7.11 Å². The van der Waals surface area contributed by atoms with Crippen molar-refractivity contribution in [1.82, 2.24) is 10.2 Å². The molecule has 0 heterocycles. The molecular formula is C15H35N3O. The molecule has 0 aliphatic rings. The number of nitrogens with two attached hydrogens (primary N) is 1. The summed E-state index contributed by atoms with van der Waals surface area (Å²) >= 11 is 0. The summed E-state index contributed by atoms with van der Waals surface area (Å²) < 4.78 is 5.29. The van der Waals surface area contributed by atoms with E-state index in [0.29, 0.717) is 12.1 Å². The third kappa shape index (κ3) is 7.88. The van der Waals surface area contributed by atoms with Crippen molar-refractivity contribution in [2.24, 2.45) is 11.7 Å². The minimum atomic E-state index is 0.422. The number of rotatable bonds is 12. The van der Waals surface area contributed by atoms with Gasteiger partial charge < -0.3 is 20.7 Å². The lowest BCUT2D eigenvalue weighted by atomic mass is 9.93. The number of nitrogens with one attached hydrogen (secondary N) is 1. The normalized spacial score (nSPS) is 15.2. The van der Waals surface area contributed by atoms with Crippen LogP contribution in [0.5, 0.6) is 0 Å². The van der Waals surface area contributed by atoms with Crippen molar-refractivity contribution in [2.45, 2.75) is 51.6 Å². The minimum Gasteiger partial charge on any atom is -0.383 e. The van der Waals surface area contributed by atoms with E-state index < -0.39 is 0 Å². The van der Waals surface area contributed by atoms with E-state index in [-0.39, 0.29) is 0 Å². The van der Waals surface area contributed by atoms with Crippen molar-refractivity contribution in [3.8, 4) is 0 Å². The number of hydrogen-bond donors (Lipinski definition) is 2. The first-order valence-electron chi connectivity index (χ1n) is 7.69. The van der Waals surface area contributed by atoms with E-state index in [9.17, 15) is 0 Å². The molecule has 0 saturated heterocycles. The lowest BCUT2D eigenvalue weighted by Crippen LogP contribution is -2.47. The van der Waals surface area contributed by atoms with Gasteiger partial charge in [-0.2, -0.15) is 0 Å². The fourth-order valence-electron chi connectivity index (χ4n) is 2.70. The first-order valence-corrected chi connectivity index (χ1v) is 7.69. The zero-order chi connectivity index (χ0) is 14.7. The highest BCUT2D eigenvalue weighted by atomic mass is 16.5. The summed E-state index contributed by atoms with van der Waals surface area (Å²) in [6.07, 6.45) is 4.61. The smallest absolute Gasteiger partial charge is 0.0615 e. The van der Waals surface area contributed by atoms with E-state index in [1.165, 1.54) is 12.8 Å². The van der Waals surface area contributed by atoms with Crippen LogP contribution in [0.1, 0.15) is 39.5 Å². The first-order chi connectivity index (χ1) is 9.10. The highest BCUT2D eigenvalue weighted by Gasteiger charge is 2.21. The molecule has 4 heteroatoms. The van der Waals surface area contributed by atoms with Crippen LogP contribution in [0, 0.1) is 5.92 Å². The van der Waals surface area contributed by atoms with Gasteiger partial charge in [0.15, 0.2) is 0 Å². The van der Waals surface area contributed by atoms with Gasteiger partial charge in [0.1, 0.15) is 0 Å². The molecule has 4 nitrogen and oxygen atoms in total. The average Bonchev–Trinajstić information content (AvgIpc) is 2.40. The summed E-state index contributed by atoms with van der Waals surface area (Å²) in [5, 5.41) is 3.66. The van der Waals surface area contributed by atoms with Gasteiger partial charge in [-0.3, -0.25) is 0 Å². The minimum absolute atomic E-state index is 0.422. The van der Waals surface area contributed by atoms with Crippen LogP contribution in [0.4, 0.5) is 0 Å². The molecule has 0 bridgehead atoms. The maximum absolute atomic E-state index is 5.59. The van der Waals surface area contributed by atoms with E-state index in [4.69, 9.17) is 10.5 Å². The Morgan fingerprint density at radius 1 is 1.21 bits per heavy atom. The first kappa shape index (κ1) is 18.8. The van der Waals surface area contributed by atoms with Crippen LogP contribution in [0.25, 0.3) is 0 Å². The molecule has 0 aromatic heterocycles. The molecule has 2 unspecified atom stereocenters. The van der Waals surface area contributed by atoms with Gasteiger partial charge >= 0.3 is 0 Å². The Labute approximate surface area is 120 Å². The second-order valence-electron chi connectivity index (χ2n) is 5.60. The van der Waals surface area contributed by atoms with Crippen molar-refractivity contribution in [3.63, 3.8) is 0 Å². The maximum Gasteiger partial charge on any atom is 0.0615 e. The van der Waals surface area contributed by atoms with Crippen molar-refractivity contribution < 1.29 is 4.74 Å². The summed E-state index contributed by atoms with van der Waals surface area (Å²) in [7, 11) is 6.12. The van der Waals surface area contributed by atoms with Gasteiger partial charge in [0.25, 0.3) is 0 Å². The number of methoxy groups -OCH3 is 1. The molecule has 0 aromatic carbocycles. The summed E-state index contributed by atoms with van der Waals surface area (Å²) in [6.45, 7) is 7.12. The van der Waals surface area contributed by atoms with Gasteiger partial charge in [-0.15, -0.1) is 0 Å². The predicted octanol–water partition coefficient (Wildman–Crippen LogP) is 1.70. The Morgan fingerprint density at radius 3 is 2.26 bits per heavy atom. The van der Waals surface area contributed by atoms with Gasteiger partial charge in [-0.05, 0) is 39.4 Å². The van der Waals surface area contributed by atoms with Gasteiger partial charge in [0.05, 0.1) is 6.61 Å². The number of hydrogen-bond acceptors (Lipinski definition) is 4. The van der Waals surface area contributed by atoms with E-state index in [2.05, 4.69) is 38.2 Å². The van der Waals surface area contributed by atoms with Crippen LogP contribution in [-0.2, 0) is 4.74 Å². The van der Waals surface area contributed by atoms with Crippen LogP contribution in [-0.4, -0.2) is 57.9 Å². The molecule has 19 heavy (non-hydrogen) atoms. The van der Waals surface area contributed by atoms with E-state index >= 15 is 0 Å². The summed E-state index contributed by atoms with van der Waals surface area (Å²) in [4.78, 5) is 2.34. The summed E-state index contributed by atoms with van der Waals surface area (Å²) in [6, 6.07) is 1.01. The molecule has 0 radical (unpaired) electrons. The highest BCUT2D eigenvalue weighted by Crippen LogP contribution is 2.16. The van der Waals surface area contributed by atoms with Gasteiger partial charge in [0.2, 0.25) is 0 Å². The molecule has 0 aliphatic carbocycles. The molecule has 0 fully saturated rings. The lowest BCUT2D eigenvalue weighted by molar-refractivity contribution is 0.143. The van der Waals surface area contributed by atoms with Crippen LogP contribution in [0.15, 0.2) is 0 Å². The standard InChI is InChI=1S/C15H35N3O/c1-6-13(7-2)15(18(3)4)11-17-14(12-19-5)9-8-10-16/h13-15,17H,6-12,16H2,1-5H3. The molecule has 116 valence electrons. The average molecular weight is 273 g/mol. The second kappa shape index (κ2) is 11.6. The fraction of sp³-hybridized carbons (Fsp3) is 1.00. The van der Waals surface area contributed by atoms with Gasteiger partial charge in [-0.25, -0.2) is 0 Å². The van der Waals surface area contributed by atoms with E-state index in [0.717, 1.165) is 38.5 Å². The molecule has 0 amide bonds. The molecule has 0 spiro atoms. The number of ether oxygens (including phenoxy) is 1. The third-order valence-corrected chi connectivity index (χ3v) is 4.00. The van der Waals surface area contributed by atoms with Crippen LogP contribution in [0.2, 0.25) is 0 Å². The quantitative estimate of drug-likeness (QED) is 0.568. The molecule has 0 aromatic rings. The van der Waals surface area contributed by atoms with Crippen LogP contribution in [0.3, 0.4) is 0 Å². The SMILES string of the molecule is CCC(CC)C(CNC(CCCN)COC)N(C)C. The Bertz CT molecular complexity index is 196. The second-order valence-corrected chi connectivity index (χ2v) is 5.60. The Hall–Kier alpha value is -0.160. The van der Waals surface area contributed by atoms with Crippen molar-refractivity contribution in [2.75, 3.05) is 40.9 Å². The lowest BCUT2D eigenvalue weighted by Gasteiger charge is -2.33. The predicted molar refractivity (Wildman–Crippen MR) is 83.5 cm³/mol. The number of likely N-dealkylation sites (N-methyl/N-ethyl adjacent to an activating group) is 1. The zero-order valence-electron chi connectivity index (χ0n) is 13.6. The number of nitrogens with zero attached hydrogens (tertiary/aromatic N) is 1. The topological polar surface area (TPSA) is 50.5 Å². The summed E-state index contributed by atoms with van der Waals surface area (Å²) in [5.41, 5.74) is 5.59. The Balaban J connectivity index is 4.32. The monoisotopic (exact) mass is 273 g/mol. The summed E-state index contributed by atoms with van der Waals surface area (Å²) in [5.74, 6) is 0.750. The third-order valence-electron chi connectivity index (χ3n) is 4.00. The zero-order valence-corrected chi connectivity index (χ0v) is 13.6. The van der Waals surface area contributed by atoms with Gasteiger partial charge in [0, 0.05) is 25.7 Å². The maximum atomic E-state index is 5.59. The molecule has 3 N–H and O–H groups in total. The molecule has 2 atom stereocenters. The molecule has 0 aliphatic heterocycles. The van der Waals surface area contributed by atoms with Crippen LogP contribution >= 0.6 is 0 Å².